The molecule has 1 N–H and O–H groups in total. The number of hydrogen-bond donors (Lipinski definition) is 1. The van der Waals surface area contributed by atoms with Crippen molar-refractivity contribution < 1.29 is 0 Å². The molecule has 1 atom stereocenters. The standard InChI is InChI=1S/C15H26N4/c1-4-6-13-7-5-9-19(10-8-13)14-12(2)11-17-15(16-3)18-14/h11,13H,4-10H2,1-3H3,(H,16,17,18). The Kier molecular flexibility index (Phi) is 5.00. The monoisotopic (exact) mass is 262 g/mol. The van der Waals surface area contributed by atoms with Crippen molar-refractivity contribution in [2.45, 2.75) is 46.0 Å². The van der Waals surface area contributed by atoms with Crippen LogP contribution in [-0.4, -0.2) is 30.1 Å². The van der Waals surface area contributed by atoms with Crippen molar-refractivity contribution >= 4 is 11.8 Å². The largest absolute Gasteiger partial charge is 0.357 e. The number of anilines is 2. The summed E-state index contributed by atoms with van der Waals surface area (Å²) in [5, 5.41) is 3.03. The van der Waals surface area contributed by atoms with E-state index in [2.05, 4.69) is 34.0 Å². The van der Waals surface area contributed by atoms with Crippen LogP contribution in [0.25, 0.3) is 0 Å². The lowest BCUT2D eigenvalue weighted by atomic mass is 9.96. The van der Waals surface area contributed by atoms with Gasteiger partial charge in [-0.2, -0.15) is 4.98 Å². The summed E-state index contributed by atoms with van der Waals surface area (Å²) in [6.07, 6.45) is 8.55. The summed E-state index contributed by atoms with van der Waals surface area (Å²) >= 11 is 0. The summed E-state index contributed by atoms with van der Waals surface area (Å²) in [5.41, 5.74) is 1.17. The van der Waals surface area contributed by atoms with Crippen LogP contribution < -0.4 is 10.2 Å². The normalized spacial score (nSPS) is 20.2. The van der Waals surface area contributed by atoms with E-state index in [-0.39, 0.29) is 0 Å². The maximum atomic E-state index is 4.63. The van der Waals surface area contributed by atoms with Gasteiger partial charge in [0, 0.05) is 31.9 Å². The van der Waals surface area contributed by atoms with E-state index in [0.717, 1.165) is 30.8 Å². The fraction of sp³-hybridized carbons (Fsp3) is 0.733. The first-order valence-electron chi connectivity index (χ1n) is 7.51. The van der Waals surface area contributed by atoms with E-state index in [1.807, 2.05) is 13.2 Å². The molecular weight excluding hydrogens is 236 g/mol. The van der Waals surface area contributed by atoms with E-state index in [9.17, 15) is 0 Å². The smallest absolute Gasteiger partial charge is 0.224 e. The second kappa shape index (κ2) is 6.73. The van der Waals surface area contributed by atoms with Crippen molar-refractivity contribution in [3.63, 3.8) is 0 Å². The summed E-state index contributed by atoms with van der Waals surface area (Å²) in [6, 6.07) is 0. The highest BCUT2D eigenvalue weighted by Gasteiger charge is 2.19. The molecule has 4 heteroatoms. The van der Waals surface area contributed by atoms with Gasteiger partial charge in [-0.15, -0.1) is 0 Å². The van der Waals surface area contributed by atoms with Crippen LogP contribution in [0.1, 0.15) is 44.6 Å². The topological polar surface area (TPSA) is 41.1 Å². The number of hydrogen-bond acceptors (Lipinski definition) is 4. The van der Waals surface area contributed by atoms with Gasteiger partial charge in [-0.25, -0.2) is 4.98 Å². The molecule has 1 aliphatic heterocycles. The Morgan fingerprint density at radius 2 is 2.21 bits per heavy atom. The molecule has 19 heavy (non-hydrogen) atoms. The molecule has 1 unspecified atom stereocenters. The summed E-state index contributed by atoms with van der Waals surface area (Å²) in [4.78, 5) is 11.3. The predicted octanol–water partition coefficient (Wildman–Crippen LogP) is 3.23. The van der Waals surface area contributed by atoms with Crippen molar-refractivity contribution in [1.82, 2.24) is 9.97 Å². The fourth-order valence-electron chi connectivity index (χ4n) is 2.95. The molecule has 0 aliphatic carbocycles. The summed E-state index contributed by atoms with van der Waals surface area (Å²) in [5.74, 6) is 2.73. The minimum absolute atomic E-state index is 0.718. The summed E-state index contributed by atoms with van der Waals surface area (Å²) in [6.45, 7) is 6.65. The lowest BCUT2D eigenvalue weighted by Crippen LogP contribution is -2.26. The third kappa shape index (κ3) is 3.58. The first-order valence-corrected chi connectivity index (χ1v) is 7.51. The Morgan fingerprint density at radius 1 is 1.37 bits per heavy atom. The molecule has 1 aliphatic rings. The highest BCUT2D eigenvalue weighted by Crippen LogP contribution is 2.26. The van der Waals surface area contributed by atoms with Crippen LogP contribution in [0.3, 0.4) is 0 Å². The van der Waals surface area contributed by atoms with Gasteiger partial charge in [-0.3, -0.25) is 0 Å². The molecule has 1 fully saturated rings. The van der Waals surface area contributed by atoms with Crippen LogP contribution in [0.4, 0.5) is 11.8 Å². The Morgan fingerprint density at radius 3 is 2.95 bits per heavy atom. The average molecular weight is 262 g/mol. The SMILES string of the molecule is CCCC1CCCN(c2nc(NC)ncc2C)CC1. The third-order valence-electron chi connectivity index (χ3n) is 4.01. The number of aryl methyl sites for hydroxylation is 1. The van der Waals surface area contributed by atoms with Gasteiger partial charge in [-0.1, -0.05) is 19.8 Å². The number of nitrogens with one attached hydrogen (secondary N) is 1. The first kappa shape index (κ1) is 14.1. The van der Waals surface area contributed by atoms with Crippen molar-refractivity contribution in [2.24, 2.45) is 5.92 Å². The van der Waals surface area contributed by atoms with E-state index in [1.54, 1.807) is 0 Å². The van der Waals surface area contributed by atoms with Gasteiger partial charge in [-0.05, 0) is 32.1 Å². The van der Waals surface area contributed by atoms with E-state index in [4.69, 9.17) is 0 Å². The first-order chi connectivity index (χ1) is 9.24. The molecular formula is C15H26N4. The van der Waals surface area contributed by atoms with Crippen LogP contribution in [0, 0.1) is 12.8 Å². The van der Waals surface area contributed by atoms with E-state index < -0.39 is 0 Å². The number of rotatable bonds is 4. The van der Waals surface area contributed by atoms with Crippen LogP contribution in [0.15, 0.2) is 6.20 Å². The zero-order valence-corrected chi connectivity index (χ0v) is 12.4. The van der Waals surface area contributed by atoms with Gasteiger partial charge in [0.15, 0.2) is 0 Å². The molecule has 2 heterocycles. The highest BCUT2D eigenvalue weighted by molar-refractivity contribution is 5.48. The van der Waals surface area contributed by atoms with Gasteiger partial charge in [0.05, 0.1) is 0 Å². The summed E-state index contributed by atoms with van der Waals surface area (Å²) in [7, 11) is 1.87. The second-order valence-corrected chi connectivity index (χ2v) is 5.52. The van der Waals surface area contributed by atoms with Gasteiger partial charge < -0.3 is 10.2 Å². The molecule has 0 spiro atoms. The van der Waals surface area contributed by atoms with Crippen LogP contribution in [0.5, 0.6) is 0 Å². The summed E-state index contributed by atoms with van der Waals surface area (Å²) < 4.78 is 0. The van der Waals surface area contributed by atoms with Crippen LogP contribution >= 0.6 is 0 Å². The Balaban J connectivity index is 2.09. The van der Waals surface area contributed by atoms with Crippen molar-refractivity contribution in [3.8, 4) is 0 Å². The Labute approximate surface area is 116 Å². The minimum atomic E-state index is 0.718. The molecule has 0 aromatic carbocycles. The molecule has 0 saturated carbocycles. The Hall–Kier alpha value is -1.32. The number of aromatic nitrogens is 2. The zero-order chi connectivity index (χ0) is 13.7. The highest BCUT2D eigenvalue weighted by atomic mass is 15.2. The molecule has 1 aromatic heterocycles. The average Bonchev–Trinajstić information content (AvgIpc) is 2.65. The van der Waals surface area contributed by atoms with Gasteiger partial charge in [0.2, 0.25) is 5.95 Å². The zero-order valence-electron chi connectivity index (χ0n) is 12.4. The molecule has 1 aromatic rings. The molecule has 1 saturated heterocycles. The van der Waals surface area contributed by atoms with Gasteiger partial charge in [0.25, 0.3) is 0 Å². The third-order valence-corrected chi connectivity index (χ3v) is 4.01. The Bertz CT molecular complexity index is 405. The molecule has 0 amide bonds. The van der Waals surface area contributed by atoms with Crippen molar-refractivity contribution in [3.05, 3.63) is 11.8 Å². The quantitative estimate of drug-likeness (QED) is 0.904. The van der Waals surface area contributed by atoms with Crippen molar-refractivity contribution in [1.29, 1.82) is 0 Å². The molecule has 4 nitrogen and oxygen atoms in total. The second-order valence-electron chi connectivity index (χ2n) is 5.52. The lowest BCUT2D eigenvalue weighted by Gasteiger charge is -2.23. The number of nitrogens with zero attached hydrogens (tertiary/aromatic N) is 3. The fourth-order valence-corrected chi connectivity index (χ4v) is 2.95. The molecule has 106 valence electrons. The van der Waals surface area contributed by atoms with Gasteiger partial charge in [0.1, 0.15) is 5.82 Å². The molecule has 2 rings (SSSR count). The van der Waals surface area contributed by atoms with Crippen LogP contribution in [0.2, 0.25) is 0 Å². The maximum absolute atomic E-state index is 4.63. The minimum Gasteiger partial charge on any atom is -0.357 e. The van der Waals surface area contributed by atoms with E-state index >= 15 is 0 Å². The van der Waals surface area contributed by atoms with E-state index in [1.165, 1.54) is 37.7 Å². The van der Waals surface area contributed by atoms with Crippen molar-refractivity contribution in [2.75, 3.05) is 30.4 Å². The van der Waals surface area contributed by atoms with Gasteiger partial charge >= 0.3 is 0 Å². The maximum Gasteiger partial charge on any atom is 0.224 e. The predicted molar refractivity (Wildman–Crippen MR) is 80.8 cm³/mol. The van der Waals surface area contributed by atoms with E-state index in [0.29, 0.717) is 0 Å². The van der Waals surface area contributed by atoms with Crippen LogP contribution in [-0.2, 0) is 0 Å². The lowest BCUT2D eigenvalue weighted by molar-refractivity contribution is 0.435. The molecule has 0 bridgehead atoms. The molecule has 0 radical (unpaired) electrons.